The molecule has 0 bridgehead atoms. The van der Waals surface area contributed by atoms with Crippen molar-refractivity contribution < 1.29 is 17.6 Å². The molecule has 1 unspecified atom stereocenters. The van der Waals surface area contributed by atoms with Crippen molar-refractivity contribution in [2.75, 3.05) is 6.54 Å². The van der Waals surface area contributed by atoms with Crippen LogP contribution in [0.5, 0.6) is 0 Å². The maximum atomic E-state index is 13.3. The number of benzene rings is 2. The van der Waals surface area contributed by atoms with Gasteiger partial charge in [0.15, 0.2) is 11.6 Å². The summed E-state index contributed by atoms with van der Waals surface area (Å²) in [4.78, 5) is 0. The summed E-state index contributed by atoms with van der Waals surface area (Å²) in [5.74, 6) is -3.40. The zero-order valence-electron chi connectivity index (χ0n) is 10.8. The number of nitrogens with one attached hydrogen (secondary N) is 1. The van der Waals surface area contributed by atoms with Gasteiger partial charge < -0.3 is 5.32 Å². The van der Waals surface area contributed by atoms with Crippen LogP contribution in [-0.4, -0.2) is 6.54 Å². The van der Waals surface area contributed by atoms with Crippen LogP contribution in [0.25, 0.3) is 0 Å². The molecule has 1 N–H and O–H groups in total. The van der Waals surface area contributed by atoms with E-state index in [2.05, 4.69) is 5.32 Å². The predicted octanol–water partition coefficient (Wildman–Crippen LogP) is 3.94. The van der Waals surface area contributed by atoms with Crippen LogP contribution in [0, 0.1) is 23.3 Å². The quantitative estimate of drug-likeness (QED) is 0.838. The van der Waals surface area contributed by atoms with Gasteiger partial charge in [-0.1, -0.05) is 13.0 Å². The molecule has 1 nitrogen and oxygen atoms in total. The summed E-state index contributed by atoms with van der Waals surface area (Å²) in [6, 6.07) is 5.87. The van der Waals surface area contributed by atoms with E-state index in [9.17, 15) is 17.6 Å². The van der Waals surface area contributed by atoms with Gasteiger partial charge in [-0.2, -0.15) is 0 Å². The lowest BCUT2D eigenvalue weighted by Crippen LogP contribution is -2.22. The van der Waals surface area contributed by atoms with Crippen molar-refractivity contribution in [2.24, 2.45) is 0 Å². The van der Waals surface area contributed by atoms with Crippen LogP contribution >= 0.6 is 0 Å². The monoisotopic (exact) mass is 283 g/mol. The van der Waals surface area contributed by atoms with Crippen molar-refractivity contribution >= 4 is 0 Å². The molecule has 0 aromatic heterocycles. The summed E-state index contributed by atoms with van der Waals surface area (Å²) < 4.78 is 52.8. The van der Waals surface area contributed by atoms with Crippen LogP contribution < -0.4 is 5.32 Å². The summed E-state index contributed by atoms with van der Waals surface area (Å²) >= 11 is 0. The molecule has 1 atom stereocenters. The fraction of sp³-hybridized carbons (Fsp3) is 0.200. The van der Waals surface area contributed by atoms with E-state index >= 15 is 0 Å². The topological polar surface area (TPSA) is 12.0 Å². The molecule has 0 aliphatic carbocycles. The molecule has 2 aromatic rings. The summed E-state index contributed by atoms with van der Waals surface area (Å²) in [5.41, 5.74) is 0.714. The molecule has 0 fully saturated rings. The van der Waals surface area contributed by atoms with Crippen molar-refractivity contribution in [1.29, 1.82) is 0 Å². The van der Waals surface area contributed by atoms with Crippen LogP contribution in [0.4, 0.5) is 17.6 Å². The van der Waals surface area contributed by atoms with E-state index in [1.54, 1.807) is 0 Å². The molecule has 2 aromatic carbocycles. The molecule has 0 saturated heterocycles. The Morgan fingerprint density at radius 3 is 2.05 bits per heavy atom. The fourth-order valence-corrected chi connectivity index (χ4v) is 2.07. The molecule has 20 heavy (non-hydrogen) atoms. The molecule has 0 amide bonds. The summed E-state index contributed by atoms with van der Waals surface area (Å²) in [5, 5.41) is 2.99. The Labute approximate surface area is 114 Å². The van der Waals surface area contributed by atoms with Crippen LogP contribution in [0.15, 0.2) is 36.4 Å². The minimum Gasteiger partial charge on any atom is -0.307 e. The normalized spacial score (nSPS) is 12.4. The SMILES string of the molecule is CCNC(c1cc(F)cc(F)c1)c1ccc(F)c(F)c1. The highest BCUT2D eigenvalue weighted by Crippen LogP contribution is 2.25. The van der Waals surface area contributed by atoms with Gasteiger partial charge >= 0.3 is 0 Å². The third kappa shape index (κ3) is 3.17. The van der Waals surface area contributed by atoms with E-state index < -0.39 is 29.3 Å². The lowest BCUT2D eigenvalue weighted by molar-refractivity contribution is 0.503. The Morgan fingerprint density at radius 1 is 0.850 bits per heavy atom. The second-order valence-electron chi connectivity index (χ2n) is 4.37. The highest BCUT2D eigenvalue weighted by molar-refractivity contribution is 5.33. The first-order valence-electron chi connectivity index (χ1n) is 6.15. The average molecular weight is 283 g/mol. The zero-order valence-corrected chi connectivity index (χ0v) is 10.8. The first kappa shape index (κ1) is 14.5. The minimum atomic E-state index is -0.998. The van der Waals surface area contributed by atoms with Crippen molar-refractivity contribution in [3.63, 3.8) is 0 Å². The third-order valence-electron chi connectivity index (χ3n) is 2.90. The van der Waals surface area contributed by atoms with Crippen molar-refractivity contribution in [3.8, 4) is 0 Å². The van der Waals surface area contributed by atoms with E-state index in [1.807, 2.05) is 6.92 Å². The van der Waals surface area contributed by atoms with E-state index in [0.29, 0.717) is 17.7 Å². The minimum absolute atomic E-state index is 0.315. The van der Waals surface area contributed by atoms with E-state index in [4.69, 9.17) is 0 Å². The van der Waals surface area contributed by atoms with Gasteiger partial charge in [-0.25, -0.2) is 17.6 Å². The molecule has 0 aliphatic rings. The van der Waals surface area contributed by atoms with Crippen molar-refractivity contribution in [2.45, 2.75) is 13.0 Å². The molecule has 0 spiro atoms. The summed E-state index contributed by atoms with van der Waals surface area (Å²) in [7, 11) is 0. The molecule has 5 heteroatoms. The Balaban J connectivity index is 2.46. The lowest BCUT2D eigenvalue weighted by atomic mass is 9.98. The molecule has 0 heterocycles. The van der Waals surface area contributed by atoms with Crippen molar-refractivity contribution in [3.05, 3.63) is 70.8 Å². The summed E-state index contributed by atoms with van der Waals surface area (Å²) in [6.07, 6.45) is 0. The Hall–Kier alpha value is -1.88. The van der Waals surface area contributed by atoms with Gasteiger partial charge in [0.2, 0.25) is 0 Å². The highest BCUT2D eigenvalue weighted by Gasteiger charge is 2.16. The van der Waals surface area contributed by atoms with Crippen LogP contribution in [-0.2, 0) is 0 Å². The average Bonchev–Trinajstić information content (AvgIpc) is 2.38. The Bertz CT molecular complexity index is 593. The highest BCUT2D eigenvalue weighted by atomic mass is 19.2. The largest absolute Gasteiger partial charge is 0.307 e. The molecule has 106 valence electrons. The first-order chi connectivity index (χ1) is 9.51. The maximum absolute atomic E-state index is 13.3. The Morgan fingerprint density at radius 2 is 1.50 bits per heavy atom. The van der Waals surface area contributed by atoms with Crippen LogP contribution in [0.2, 0.25) is 0 Å². The van der Waals surface area contributed by atoms with Gasteiger partial charge in [0.25, 0.3) is 0 Å². The van der Waals surface area contributed by atoms with Gasteiger partial charge in [-0.05, 0) is 41.9 Å². The molecule has 0 saturated carbocycles. The molecule has 0 radical (unpaired) electrons. The summed E-state index contributed by atoms with van der Waals surface area (Å²) in [6.45, 7) is 2.31. The smallest absolute Gasteiger partial charge is 0.159 e. The second kappa shape index (κ2) is 6.05. The molecular formula is C15H13F4N. The van der Waals surface area contributed by atoms with Crippen LogP contribution in [0.1, 0.15) is 24.1 Å². The fourth-order valence-electron chi connectivity index (χ4n) is 2.07. The van der Waals surface area contributed by atoms with Crippen LogP contribution in [0.3, 0.4) is 0 Å². The predicted molar refractivity (Wildman–Crippen MR) is 68.2 cm³/mol. The Kier molecular flexibility index (Phi) is 4.39. The number of rotatable bonds is 4. The van der Waals surface area contributed by atoms with Gasteiger partial charge in [0, 0.05) is 6.07 Å². The van der Waals surface area contributed by atoms with E-state index in [0.717, 1.165) is 30.3 Å². The molecule has 2 rings (SSSR count). The second-order valence-corrected chi connectivity index (χ2v) is 4.37. The van der Waals surface area contributed by atoms with Gasteiger partial charge in [-0.3, -0.25) is 0 Å². The molecular weight excluding hydrogens is 270 g/mol. The number of hydrogen-bond donors (Lipinski definition) is 1. The molecule has 0 aliphatic heterocycles. The standard InChI is InChI=1S/C15H13F4N/c1-2-20-15(9-3-4-13(18)14(19)7-9)10-5-11(16)8-12(17)6-10/h3-8,15,20H,2H2,1H3. The van der Waals surface area contributed by atoms with Crippen molar-refractivity contribution in [1.82, 2.24) is 5.32 Å². The van der Waals surface area contributed by atoms with E-state index in [1.165, 1.54) is 6.07 Å². The van der Waals surface area contributed by atoms with E-state index in [-0.39, 0.29) is 0 Å². The van der Waals surface area contributed by atoms with Gasteiger partial charge in [0.1, 0.15) is 11.6 Å². The maximum Gasteiger partial charge on any atom is 0.159 e. The number of halogens is 4. The third-order valence-corrected chi connectivity index (χ3v) is 2.90. The lowest BCUT2D eigenvalue weighted by Gasteiger charge is -2.19. The first-order valence-corrected chi connectivity index (χ1v) is 6.15. The van der Waals surface area contributed by atoms with Gasteiger partial charge in [-0.15, -0.1) is 0 Å². The number of hydrogen-bond acceptors (Lipinski definition) is 1. The van der Waals surface area contributed by atoms with Gasteiger partial charge in [0.05, 0.1) is 6.04 Å². The zero-order chi connectivity index (χ0) is 14.7.